The first-order valence-electron chi connectivity index (χ1n) is 8.07. The summed E-state index contributed by atoms with van der Waals surface area (Å²) in [5.74, 6) is -0.0136. The van der Waals surface area contributed by atoms with Crippen molar-refractivity contribution >= 4 is 5.91 Å². The molecule has 1 spiro atoms. The zero-order valence-corrected chi connectivity index (χ0v) is 13.6. The fourth-order valence-electron chi connectivity index (χ4n) is 3.77. The zero-order valence-electron chi connectivity index (χ0n) is 13.6. The first-order chi connectivity index (χ1) is 10.5. The molecule has 122 valence electrons. The number of piperidine rings is 1. The van der Waals surface area contributed by atoms with E-state index in [0.717, 1.165) is 25.0 Å². The number of aryl methyl sites for hydroxylation is 2. The van der Waals surface area contributed by atoms with E-state index in [4.69, 9.17) is 4.74 Å². The Labute approximate surface area is 131 Å². The Morgan fingerprint density at radius 3 is 2.68 bits per heavy atom. The molecule has 6 heteroatoms. The van der Waals surface area contributed by atoms with Crippen molar-refractivity contribution in [1.82, 2.24) is 14.7 Å². The smallest absolute Gasteiger partial charge is 0.274 e. The molecule has 1 aromatic rings. The first-order valence-corrected chi connectivity index (χ1v) is 8.07. The van der Waals surface area contributed by atoms with Crippen molar-refractivity contribution in [3.8, 4) is 0 Å². The molecule has 0 radical (unpaired) electrons. The van der Waals surface area contributed by atoms with Crippen molar-refractivity contribution in [3.05, 3.63) is 17.5 Å². The van der Waals surface area contributed by atoms with Gasteiger partial charge in [-0.1, -0.05) is 0 Å². The third-order valence-electron chi connectivity index (χ3n) is 5.42. The molecule has 1 aliphatic heterocycles. The predicted octanol–water partition coefficient (Wildman–Crippen LogP) is 1.12. The summed E-state index contributed by atoms with van der Waals surface area (Å²) in [6.07, 6.45) is 2.17. The molecule has 1 saturated heterocycles. The highest BCUT2D eigenvalue weighted by atomic mass is 16.5. The van der Waals surface area contributed by atoms with Crippen LogP contribution in [0.2, 0.25) is 0 Å². The molecule has 1 aliphatic carbocycles. The number of rotatable bonds is 3. The minimum Gasteiger partial charge on any atom is -0.392 e. The van der Waals surface area contributed by atoms with Crippen LogP contribution in [-0.2, 0) is 11.8 Å². The van der Waals surface area contributed by atoms with Crippen molar-refractivity contribution in [3.63, 3.8) is 0 Å². The van der Waals surface area contributed by atoms with E-state index in [2.05, 4.69) is 5.10 Å². The number of aromatic nitrogens is 2. The van der Waals surface area contributed by atoms with Gasteiger partial charge in [0.1, 0.15) is 0 Å². The quantitative estimate of drug-likeness (QED) is 0.909. The standard InChI is InChI=1S/C16H25N3O3/c1-4-22-14-10-13(20)16(14)5-7-19(8-6-16)15(21)12-9-11(2)18(3)17-12/h9,13-14,20H,4-8,10H2,1-3H3. The fourth-order valence-corrected chi connectivity index (χ4v) is 3.77. The molecule has 2 unspecified atom stereocenters. The van der Waals surface area contributed by atoms with Gasteiger partial charge in [-0.2, -0.15) is 5.10 Å². The normalized spacial score (nSPS) is 27.0. The predicted molar refractivity (Wildman–Crippen MR) is 81.6 cm³/mol. The zero-order chi connectivity index (χ0) is 15.9. The third-order valence-corrected chi connectivity index (χ3v) is 5.42. The number of carbonyl (C=O) groups is 1. The topological polar surface area (TPSA) is 67.6 Å². The number of carbonyl (C=O) groups excluding carboxylic acids is 1. The number of aliphatic hydroxyl groups is 1. The maximum Gasteiger partial charge on any atom is 0.274 e. The van der Waals surface area contributed by atoms with Crippen LogP contribution in [0, 0.1) is 12.3 Å². The van der Waals surface area contributed by atoms with Crippen LogP contribution in [-0.4, -0.2) is 57.6 Å². The van der Waals surface area contributed by atoms with Gasteiger partial charge in [-0.3, -0.25) is 9.48 Å². The van der Waals surface area contributed by atoms with Gasteiger partial charge in [-0.25, -0.2) is 0 Å². The second-order valence-corrected chi connectivity index (χ2v) is 6.52. The number of aliphatic hydroxyl groups excluding tert-OH is 1. The van der Waals surface area contributed by atoms with E-state index in [9.17, 15) is 9.90 Å². The number of amides is 1. The second-order valence-electron chi connectivity index (χ2n) is 6.52. The second kappa shape index (κ2) is 5.66. The van der Waals surface area contributed by atoms with Crippen molar-refractivity contribution < 1.29 is 14.6 Å². The van der Waals surface area contributed by atoms with E-state index in [1.54, 1.807) is 4.68 Å². The lowest BCUT2D eigenvalue weighted by molar-refractivity contribution is -0.207. The lowest BCUT2D eigenvalue weighted by Gasteiger charge is -2.56. The van der Waals surface area contributed by atoms with Gasteiger partial charge in [0.2, 0.25) is 0 Å². The molecule has 3 rings (SSSR count). The molecule has 2 aliphatic rings. The van der Waals surface area contributed by atoms with Crippen molar-refractivity contribution in [2.45, 2.75) is 45.3 Å². The summed E-state index contributed by atoms with van der Waals surface area (Å²) < 4.78 is 7.48. The molecule has 6 nitrogen and oxygen atoms in total. The summed E-state index contributed by atoms with van der Waals surface area (Å²) in [7, 11) is 1.84. The Morgan fingerprint density at radius 2 is 2.18 bits per heavy atom. The molecule has 2 heterocycles. The van der Waals surface area contributed by atoms with Crippen LogP contribution in [0.3, 0.4) is 0 Å². The van der Waals surface area contributed by atoms with Crippen molar-refractivity contribution in [2.24, 2.45) is 12.5 Å². The molecule has 0 aromatic carbocycles. The number of nitrogens with zero attached hydrogens (tertiary/aromatic N) is 3. The highest BCUT2D eigenvalue weighted by Gasteiger charge is 2.56. The molecular weight excluding hydrogens is 282 g/mol. The molecule has 1 saturated carbocycles. The Hall–Kier alpha value is -1.40. The van der Waals surface area contributed by atoms with Gasteiger partial charge in [0.25, 0.3) is 5.91 Å². The summed E-state index contributed by atoms with van der Waals surface area (Å²) in [5, 5.41) is 14.5. The van der Waals surface area contributed by atoms with Crippen molar-refractivity contribution in [2.75, 3.05) is 19.7 Å². The van der Waals surface area contributed by atoms with E-state index in [1.807, 2.05) is 31.9 Å². The van der Waals surface area contributed by atoms with E-state index in [-0.39, 0.29) is 23.5 Å². The van der Waals surface area contributed by atoms with Gasteiger partial charge in [0.15, 0.2) is 5.69 Å². The molecule has 22 heavy (non-hydrogen) atoms. The summed E-state index contributed by atoms with van der Waals surface area (Å²) in [4.78, 5) is 14.4. The maximum absolute atomic E-state index is 12.5. The number of likely N-dealkylation sites (tertiary alicyclic amines) is 1. The van der Waals surface area contributed by atoms with Crippen LogP contribution in [0.25, 0.3) is 0 Å². The summed E-state index contributed by atoms with van der Waals surface area (Å²) in [6.45, 7) is 5.92. The van der Waals surface area contributed by atoms with Crippen LogP contribution >= 0.6 is 0 Å². The average molecular weight is 307 g/mol. The lowest BCUT2D eigenvalue weighted by Crippen LogP contribution is -2.62. The first kappa shape index (κ1) is 15.5. The van der Waals surface area contributed by atoms with Crippen LogP contribution in [0.1, 0.15) is 42.4 Å². The fraction of sp³-hybridized carbons (Fsp3) is 0.750. The molecule has 0 bridgehead atoms. The largest absolute Gasteiger partial charge is 0.392 e. The molecule has 2 fully saturated rings. The van der Waals surface area contributed by atoms with Gasteiger partial charge in [-0.15, -0.1) is 0 Å². The molecule has 1 amide bonds. The van der Waals surface area contributed by atoms with Crippen LogP contribution in [0.15, 0.2) is 6.07 Å². The number of hydrogen-bond acceptors (Lipinski definition) is 4. The number of ether oxygens (including phenoxy) is 1. The Kier molecular flexibility index (Phi) is 3.99. The van der Waals surface area contributed by atoms with Crippen LogP contribution < -0.4 is 0 Å². The van der Waals surface area contributed by atoms with Gasteiger partial charge in [0, 0.05) is 44.3 Å². The molecule has 1 aromatic heterocycles. The van der Waals surface area contributed by atoms with E-state index >= 15 is 0 Å². The summed E-state index contributed by atoms with van der Waals surface area (Å²) in [6, 6.07) is 1.83. The summed E-state index contributed by atoms with van der Waals surface area (Å²) in [5.41, 5.74) is 1.33. The third kappa shape index (κ3) is 2.34. The van der Waals surface area contributed by atoms with Gasteiger partial charge < -0.3 is 14.7 Å². The molecule has 2 atom stereocenters. The SMILES string of the molecule is CCOC1CC(O)C12CCN(C(=O)c1cc(C)n(C)n1)CC2. The maximum atomic E-state index is 12.5. The monoisotopic (exact) mass is 307 g/mol. The average Bonchev–Trinajstić information content (AvgIpc) is 2.86. The molecular formula is C16H25N3O3. The van der Waals surface area contributed by atoms with E-state index < -0.39 is 0 Å². The lowest BCUT2D eigenvalue weighted by atomic mass is 9.58. The Bertz CT molecular complexity index is 539. The Balaban J connectivity index is 1.65. The minimum atomic E-state index is -0.293. The minimum absolute atomic E-state index is 0.0136. The van der Waals surface area contributed by atoms with E-state index in [1.165, 1.54) is 0 Å². The number of hydrogen-bond donors (Lipinski definition) is 1. The summed E-state index contributed by atoms with van der Waals surface area (Å²) >= 11 is 0. The Morgan fingerprint density at radius 1 is 1.50 bits per heavy atom. The van der Waals surface area contributed by atoms with Crippen LogP contribution in [0.5, 0.6) is 0 Å². The highest BCUT2D eigenvalue weighted by Crippen LogP contribution is 2.51. The van der Waals surface area contributed by atoms with Gasteiger partial charge >= 0.3 is 0 Å². The van der Waals surface area contributed by atoms with Gasteiger partial charge in [0.05, 0.1) is 12.2 Å². The van der Waals surface area contributed by atoms with Crippen molar-refractivity contribution in [1.29, 1.82) is 0 Å². The van der Waals surface area contributed by atoms with Crippen LogP contribution in [0.4, 0.5) is 0 Å². The highest BCUT2D eigenvalue weighted by molar-refractivity contribution is 5.92. The van der Waals surface area contributed by atoms with Gasteiger partial charge in [-0.05, 0) is 32.8 Å². The van der Waals surface area contributed by atoms with E-state index in [0.29, 0.717) is 25.4 Å². The molecule has 1 N–H and O–H groups in total.